The molecule has 7 nitrogen and oxygen atoms in total. The first-order valence-corrected chi connectivity index (χ1v) is 7.02. The lowest BCUT2D eigenvalue weighted by molar-refractivity contribution is 0.101. The molecule has 0 aliphatic carbocycles. The van der Waals surface area contributed by atoms with Gasteiger partial charge in [-0.1, -0.05) is 16.8 Å². The molecule has 0 radical (unpaired) electrons. The molecule has 3 heterocycles. The molecule has 0 aromatic carbocycles. The minimum Gasteiger partial charge on any atom is -0.337 e. The van der Waals surface area contributed by atoms with Crippen LogP contribution in [0.2, 0.25) is 5.15 Å². The van der Waals surface area contributed by atoms with Crippen LogP contribution >= 0.6 is 11.6 Å². The number of aryl methyl sites for hydroxylation is 1. The van der Waals surface area contributed by atoms with Gasteiger partial charge in [0.1, 0.15) is 0 Å². The van der Waals surface area contributed by atoms with Crippen molar-refractivity contribution in [3.05, 3.63) is 34.7 Å². The van der Waals surface area contributed by atoms with Crippen LogP contribution in [0.15, 0.2) is 16.8 Å². The lowest BCUT2D eigenvalue weighted by Crippen LogP contribution is -2.16. The van der Waals surface area contributed by atoms with Crippen LogP contribution in [0.3, 0.4) is 0 Å². The van der Waals surface area contributed by atoms with Gasteiger partial charge in [-0.3, -0.25) is 4.79 Å². The van der Waals surface area contributed by atoms with Gasteiger partial charge in [-0.05, 0) is 37.9 Å². The van der Waals surface area contributed by atoms with Crippen molar-refractivity contribution in [2.75, 3.05) is 11.9 Å². The second-order valence-electron chi connectivity index (χ2n) is 4.85. The second kappa shape index (κ2) is 5.79. The number of hydrogen-bond donors (Lipinski definition) is 2. The molecule has 3 rings (SSSR count). The summed E-state index contributed by atoms with van der Waals surface area (Å²) in [6.07, 6.45) is 3.56. The van der Waals surface area contributed by atoms with Crippen molar-refractivity contribution in [2.24, 2.45) is 0 Å². The van der Waals surface area contributed by atoms with Gasteiger partial charge in [0.2, 0.25) is 5.89 Å². The van der Waals surface area contributed by atoms with Gasteiger partial charge in [0, 0.05) is 6.20 Å². The second-order valence-corrected chi connectivity index (χ2v) is 5.21. The van der Waals surface area contributed by atoms with E-state index >= 15 is 0 Å². The summed E-state index contributed by atoms with van der Waals surface area (Å²) in [6, 6.07) is 1.79. The Labute approximate surface area is 126 Å². The Morgan fingerprint density at radius 2 is 2.43 bits per heavy atom. The highest BCUT2D eigenvalue weighted by Crippen LogP contribution is 2.24. The van der Waals surface area contributed by atoms with Gasteiger partial charge in [0.15, 0.2) is 5.15 Å². The minimum absolute atomic E-state index is 0.0157. The fourth-order valence-electron chi connectivity index (χ4n) is 2.21. The van der Waals surface area contributed by atoms with Crippen molar-refractivity contribution in [1.29, 1.82) is 0 Å². The van der Waals surface area contributed by atoms with E-state index in [4.69, 9.17) is 16.1 Å². The number of pyridine rings is 1. The minimum atomic E-state index is -0.471. The standard InChI is InChI=1S/C13H14ClN5O2/c1-7-4-6-16-10(14)9(7)17-12(20)11-18-13(21-19-11)8-3-2-5-15-8/h4,6,8,15H,2-3,5H2,1H3,(H,17,20). The van der Waals surface area contributed by atoms with Crippen LogP contribution in [-0.2, 0) is 0 Å². The Kier molecular flexibility index (Phi) is 3.85. The average Bonchev–Trinajstić information content (AvgIpc) is 3.12. The third-order valence-corrected chi connectivity index (χ3v) is 3.64. The average molecular weight is 308 g/mol. The predicted octanol–water partition coefficient (Wildman–Crippen LogP) is 2.10. The fraction of sp³-hybridized carbons (Fsp3) is 0.385. The first kappa shape index (κ1) is 14.0. The van der Waals surface area contributed by atoms with Crippen molar-refractivity contribution in [3.63, 3.8) is 0 Å². The van der Waals surface area contributed by atoms with Crippen LogP contribution < -0.4 is 10.6 Å². The number of nitrogens with one attached hydrogen (secondary N) is 2. The van der Waals surface area contributed by atoms with Crippen molar-refractivity contribution in [2.45, 2.75) is 25.8 Å². The number of rotatable bonds is 3. The number of halogens is 1. The van der Waals surface area contributed by atoms with E-state index in [9.17, 15) is 4.79 Å². The summed E-state index contributed by atoms with van der Waals surface area (Å²) in [4.78, 5) is 20.2. The molecule has 0 spiro atoms. The quantitative estimate of drug-likeness (QED) is 0.844. The summed E-state index contributed by atoms with van der Waals surface area (Å²) in [5.74, 6) is -0.0503. The van der Waals surface area contributed by atoms with Crippen molar-refractivity contribution < 1.29 is 9.32 Å². The third-order valence-electron chi connectivity index (χ3n) is 3.35. The number of aromatic nitrogens is 3. The highest BCUT2D eigenvalue weighted by molar-refractivity contribution is 6.32. The van der Waals surface area contributed by atoms with Gasteiger partial charge in [0.25, 0.3) is 11.7 Å². The highest BCUT2D eigenvalue weighted by Gasteiger charge is 2.24. The van der Waals surface area contributed by atoms with Gasteiger partial charge >= 0.3 is 0 Å². The van der Waals surface area contributed by atoms with E-state index in [1.807, 2.05) is 6.92 Å². The topological polar surface area (TPSA) is 92.9 Å². The van der Waals surface area contributed by atoms with Crippen LogP contribution in [0.25, 0.3) is 0 Å². The van der Waals surface area contributed by atoms with E-state index in [0.717, 1.165) is 24.9 Å². The largest absolute Gasteiger partial charge is 0.337 e. The Balaban J connectivity index is 1.76. The molecular formula is C13H14ClN5O2. The maximum absolute atomic E-state index is 12.1. The normalized spacial score (nSPS) is 17.9. The molecule has 21 heavy (non-hydrogen) atoms. The van der Waals surface area contributed by atoms with Crippen LogP contribution in [0, 0.1) is 6.92 Å². The summed E-state index contributed by atoms with van der Waals surface area (Å²) in [6.45, 7) is 2.74. The summed E-state index contributed by atoms with van der Waals surface area (Å²) in [5, 5.41) is 9.83. The SMILES string of the molecule is Cc1ccnc(Cl)c1NC(=O)c1noc(C2CCCN2)n1. The van der Waals surface area contributed by atoms with Gasteiger partial charge in [-0.2, -0.15) is 4.98 Å². The molecule has 1 fully saturated rings. The molecule has 0 saturated carbocycles. The van der Waals surface area contributed by atoms with Crippen molar-refractivity contribution in [3.8, 4) is 0 Å². The van der Waals surface area contributed by atoms with Crippen LogP contribution in [0.4, 0.5) is 5.69 Å². The first-order chi connectivity index (χ1) is 10.1. The summed E-state index contributed by atoms with van der Waals surface area (Å²) in [7, 11) is 0. The third kappa shape index (κ3) is 2.88. The zero-order chi connectivity index (χ0) is 14.8. The predicted molar refractivity (Wildman–Crippen MR) is 76.2 cm³/mol. The van der Waals surface area contributed by atoms with Gasteiger partial charge in [-0.15, -0.1) is 0 Å². The lowest BCUT2D eigenvalue weighted by Gasteiger charge is -2.07. The molecular weight excluding hydrogens is 294 g/mol. The molecule has 2 aromatic rings. The lowest BCUT2D eigenvalue weighted by atomic mass is 10.2. The molecule has 8 heteroatoms. The number of hydrogen-bond acceptors (Lipinski definition) is 6. The molecule has 1 atom stereocenters. The Bertz CT molecular complexity index is 646. The van der Waals surface area contributed by atoms with Crippen LogP contribution in [0.5, 0.6) is 0 Å². The molecule has 0 bridgehead atoms. The van der Waals surface area contributed by atoms with E-state index in [-0.39, 0.29) is 17.0 Å². The van der Waals surface area contributed by atoms with E-state index in [1.54, 1.807) is 12.3 Å². The molecule has 1 saturated heterocycles. The van der Waals surface area contributed by atoms with Gasteiger partial charge < -0.3 is 15.2 Å². The molecule has 1 aliphatic rings. The maximum atomic E-state index is 12.1. The molecule has 1 aliphatic heterocycles. The molecule has 2 aromatic heterocycles. The number of carbonyl (C=O) groups is 1. The smallest absolute Gasteiger partial charge is 0.297 e. The van der Waals surface area contributed by atoms with E-state index in [0.29, 0.717) is 11.6 Å². The molecule has 110 valence electrons. The van der Waals surface area contributed by atoms with E-state index in [1.165, 1.54) is 0 Å². The zero-order valence-corrected chi connectivity index (χ0v) is 12.1. The van der Waals surface area contributed by atoms with Crippen LogP contribution in [0.1, 0.15) is 41.0 Å². The Morgan fingerprint density at radius 1 is 1.57 bits per heavy atom. The van der Waals surface area contributed by atoms with Crippen LogP contribution in [-0.4, -0.2) is 27.6 Å². The zero-order valence-electron chi connectivity index (χ0n) is 11.4. The van der Waals surface area contributed by atoms with Gasteiger partial charge in [-0.25, -0.2) is 4.98 Å². The summed E-state index contributed by atoms with van der Waals surface area (Å²) in [5.41, 5.74) is 1.26. The summed E-state index contributed by atoms with van der Waals surface area (Å²) >= 11 is 5.97. The first-order valence-electron chi connectivity index (χ1n) is 6.64. The van der Waals surface area contributed by atoms with Crippen molar-refractivity contribution >= 4 is 23.2 Å². The maximum Gasteiger partial charge on any atom is 0.297 e. The highest BCUT2D eigenvalue weighted by atomic mass is 35.5. The Hall–Kier alpha value is -1.99. The number of anilines is 1. The number of amides is 1. The van der Waals surface area contributed by atoms with E-state index < -0.39 is 5.91 Å². The van der Waals surface area contributed by atoms with Crippen molar-refractivity contribution in [1.82, 2.24) is 20.4 Å². The fourth-order valence-corrected chi connectivity index (χ4v) is 2.46. The van der Waals surface area contributed by atoms with Gasteiger partial charge in [0.05, 0.1) is 11.7 Å². The summed E-state index contributed by atoms with van der Waals surface area (Å²) < 4.78 is 5.13. The number of nitrogens with zero attached hydrogens (tertiary/aromatic N) is 3. The number of carbonyl (C=O) groups excluding carboxylic acids is 1. The monoisotopic (exact) mass is 307 g/mol. The Morgan fingerprint density at radius 3 is 3.14 bits per heavy atom. The molecule has 1 unspecified atom stereocenters. The van der Waals surface area contributed by atoms with E-state index in [2.05, 4.69) is 25.8 Å². The molecule has 1 amide bonds. The molecule has 2 N–H and O–H groups in total.